The van der Waals surface area contributed by atoms with Crippen molar-refractivity contribution in [1.82, 2.24) is 4.31 Å². The van der Waals surface area contributed by atoms with Crippen LogP contribution in [0.3, 0.4) is 0 Å². The van der Waals surface area contributed by atoms with Gasteiger partial charge in [-0.3, -0.25) is 0 Å². The predicted molar refractivity (Wildman–Crippen MR) is 70.2 cm³/mol. The number of hydrogen-bond acceptors (Lipinski definition) is 4. The highest BCUT2D eigenvalue weighted by atomic mass is 32.2. The molecule has 1 aromatic rings. The Labute approximate surface area is 117 Å². The predicted octanol–water partition coefficient (Wildman–Crippen LogP) is 0.960. The summed E-state index contributed by atoms with van der Waals surface area (Å²) in [5.41, 5.74) is 0.608. The number of nitriles is 1. The topological polar surface area (TPSA) is 81.4 Å². The third-order valence-corrected chi connectivity index (χ3v) is 5.42. The first-order valence-electron chi connectivity index (χ1n) is 6.18. The maximum Gasteiger partial charge on any atom is 0.244 e. The lowest BCUT2D eigenvalue weighted by Crippen LogP contribution is -2.38. The van der Waals surface area contributed by atoms with Gasteiger partial charge in [-0.1, -0.05) is 12.1 Å². The van der Waals surface area contributed by atoms with Crippen molar-refractivity contribution in [3.8, 4) is 6.07 Å². The van der Waals surface area contributed by atoms with Crippen LogP contribution in [-0.4, -0.2) is 43.2 Å². The normalized spacial score (nSPS) is 23.7. The molecule has 1 aliphatic heterocycles. The molecule has 0 amide bonds. The molecule has 0 aromatic heterocycles. The van der Waals surface area contributed by atoms with Crippen LogP contribution < -0.4 is 0 Å². The number of hydrogen-bond donors (Lipinski definition) is 1. The van der Waals surface area contributed by atoms with Crippen molar-refractivity contribution in [3.05, 3.63) is 29.3 Å². The van der Waals surface area contributed by atoms with Crippen molar-refractivity contribution >= 4 is 10.0 Å². The lowest BCUT2D eigenvalue weighted by molar-refractivity contribution is 0.213. The zero-order valence-electron chi connectivity index (χ0n) is 11.0. The number of aliphatic hydroxyl groups excluding tert-OH is 1. The van der Waals surface area contributed by atoms with Crippen LogP contribution in [0, 0.1) is 18.3 Å². The Hall–Kier alpha value is -1.49. The molecule has 0 radical (unpaired) electrons. The minimum atomic E-state index is -3.99. The zero-order chi connectivity index (χ0) is 14.9. The van der Waals surface area contributed by atoms with E-state index in [-0.39, 0.29) is 23.4 Å². The second-order valence-electron chi connectivity index (χ2n) is 4.80. The van der Waals surface area contributed by atoms with E-state index in [1.165, 1.54) is 6.07 Å². The molecule has 20 heavy (non-hydrogen) atoms. The fourth-order valence-corrected chi connectivity index (χ4v) is 4.29. The van der Waals surface area contributed by atoms with Gasteiger partial charge >= 0.3 is 0 Å². The summed E-state index contributed by atoms with van der Waals surface area (Å²) in [4.78, 5) is -0.132. The standard InChI is InChI=1S/C13H15FN2O3S/c1-9-3-2-4-13(12(9)6-15)20(18,19)16-7-10(14)5-11(16)8-17/h2-4,10-11,17H,5,7-8H2,1H3/t10-,11-/m0/s1. The number of nitrogens with zero attached hydrogens (tertiary/aromatic N) is 2. The summed E-state index contributed by atoms with van der Waals surface area (Å²) in [5.74, 6) is 0. The molecule has 7 heteroatoms. The Morgan fingerprint density at radius 1 is 1.55 bits per heavy atom. The molecule has 1 N–H and O–H groups in total. The SMILES string of the molecule is Cc1cccc(S(=O)(=O)N2C[C@@H](F)C[C@H]2CO)c1C#N. The molecule has 1 aliphatic rings. The molecule has 0 bridgehead atoms. The molecule has 1 heterocycles. The summed E-state index contributed by atoms with van der Waals surface area (Å²) in [5, 5.41) is 18.3. The Bertz CT molecular complexity index is 654. The van der Waals surface area contributed by atoms with Gasteiger partial charge in [-0.2, -0.15) is 9.57 Å². The number of aliphatic hydroxyl groups is 1. The van der Waals surface area contributed by atoms with Gasteiger partial charge in [0.05, 0.1) is 18.2 Å². The first kappa shape index (κ1) is 14.9. The molecule has 108 valence electrons. The molecule has 1 aromatic carbocycles. The molecule has 1 fully saturated rings. The number of aryl methyl sites for hydroxylation is 1. The van der Waals surface area contributed by atoms with Gasteiger partial charge in [0.25, 0.3) is 0 Å². The number of alkyl halides is 1. The van der Waals surface area contributed by atoms with Crippen molar-refractivity contribution in [1.29, 1.82) is 5.26 Å². The lowest BCUT2D eigenvalue weighted by atomic mass is 10.1. The van der Waals surface area contributed by atoms with Gasteiger partial charge in [0, 0.05) is 6.54 Å². The second kappa shape index (κ2) is 5.48. The van der Waals surface area contributed by atoms with E-state index in [1.807, 2.05) is 6.07 Å². The van der Waals surface area contributed by atoms with Crippen LogP contribution >= 0.6 is 0 Å². The minimum Gasteiger partial charge on any atom is -0.395 e. The molecule has 2 rings (SSSR count). The molecule has 0 spiro atoms. The van der Waals surface area contributed by atoms with Gasteiger partial charge < -0.3 is 5.11 Å². The molecular weight excluding hydrogens is 283 g/mol. The van der Waals surface area contributed by atoms with Gasteiger partial charge in [-0.05, 0) is 25.0 Å². The van der Waals surface area contributed by atoms with Crippen LogP contribution in [-0.2, 0) is 10.0 Å². The van der Waals surface area contributed by atoms with Crippen LogP contribution in [0.15, 0.2) is 23.1 Å². The Balaban J connectivity index is 2.52. The first-order chi connectivity index (χ1) is 9.41. The van der Waals surface area contributed by atoms with Crippen LogP contribution in [0.2, 0.25) is 0 Å². The summed E-state index contributed by atoms with van der Waals surface area (Å²) in [7, 11) is -3.99. The van der Waals surface area contributed by atoms with E-state index in [4.69, 9.17) is 5.26 Å². The number of rotatable bonds is 3. The van der Waals surface area contributed by atoms with Gasteiger partial charge in [-0.25, -0.2) is 12.8 Å². The molecule has 2 atom stereocenters. The van der Waals surface area contributed by atoms with Gasteiger partial charge in [0.15, 0.2) is 0 Å². The zero-order valence-corrected chi connectivity index (χ0v) is 11.8. The van der Waals surface area contributed by atoms with Crippen molar-refractivity contribution < 1.29 is 17.9 Å². The Kier molecular flexibility index (Phi) is 4.09. The maximum atomic E-state index is 13.4. The fourth-order valence-electron chi connectivity index (χ4n) is 2.42. The van der Waals surface area contributed by atoms with Crippen LogP contribution in [0.25, 0.3) is 0 Å². The van der Waals surface area contributed by atoms with Crippen LogP contribution in [0.5, 0.6) is 0 Å². The quantitative estimate of drug-likeness (QED) is 0.901. The van der Waals surface area contributed by atoms with Crippen molar-refractivity contribution in [3.63, 3.8) is 0 Å². The number of sulfonamides is 1. The maximum absolute atomic E-state index is 13.4. The molecule has 5 nitrogen and oxygen atoms in total. The van der Waals surface area contributed by atoms with E-state index in [0.29, 0.717) is 5.56 Å². The summed E-state index contributed by atoms with van der Waals surface area (Å²) in [6.07, 6.45) is -1.32. The second-order valence-corrected chi connectivity index (χ2v) is 6.66. The summed E-state index contributed by atoms with van der Waals surface area (Å²) in [6, 6.07) is 5.62. The van der Waals surface area contributed by atoms with Crippen molar-refractivity contribution in [2.45, 2.75) is 30.5 Å². The monoisotopic (exact) mass is 298 g/mol. The fraction of sp³-hybridized carbons (Fsp3) is 0.462. The number of halogens is 1. The highest BCUT2D eigenvalue weighted by Crippen LogP contribution is 2.29. The summed E-state index contributed by atoms with van der Waals surface area (Å²) < 4.78 is 39.5. The van der Waals surface area contributed by atoms with E-state index in [1.54, 1.807) is 19.1 Å². The van der Waals surface area contributed by atoms with E-state index in [0.717, 1.165) is 4.31 Å². The third-order valence-electron chi connectivity index (χ3n) is 3.46. The third kappa shape index (κ3) is 2.42. The minimum absolute atomic E-state index is 0.0244. The van der Waals surface area contributed by atoms with Gasteiger partial charge in [-0.15, -0.1) is 0 Å². The molecular formula is C13H15FN2O3S. The molecule has 0 unspecified atom stereocenters. The summed E-state index contributed by atoms with van der Waals surface area (Å²) in [6.45, 7) is 0.919. The largest absolute Gasteiger partial charge is 0.395 e. The highest BCUT2D eigenvalue weighted by molar-refractivity contribution is 7.89. The number of benzene rings is 1. The molecule has 0 aliphatic carbocycles. The smallest absolute Gasteiger partial charge is 0.244 e. The van der Waals surface area contributed by atoms with Crippen molar-refractivity contribution in [2.75, 3.05) is 13.2 Å². The van der Waals surface area contributed by atoms with Gasteiger partial charge in [0.2, 0.25) is 10.0 Å². The van der Waals surface area contributed by atoms with Crippen LogP contribution in [0.4, 0.5) is 4.39 Å². The van der Waals surface area contributed by atoms with Gasteiger partial charge in [0.1, 0.15) is 17.1 Å². The van der Waals surface area contributed by atoms with E-state index in [9.17, 15) is 17.9 Å². The average molecular weight is 298 g/mol. The lowest BCUT2D eigenvalue weighted by Gasteiger charge is -2.22. The van der Waals surface area contributed by atoms with E-state index >= 15 is 0 Å². The highest BCUT2D eigenvalue weighted by Gasteiger charge is 2.41. The molecule has 0 saturated carbocycles. The van der Waals surface area contributed by atoms with Crippen LogP contribution in [0.1, 0.15) is 17.5 Å². The van der Waals surface area contributed by atoms with Crippen molar-refractivity contribution in [2.24, 2.45) is 0 Å². The summed E-state index contributed by atoms with van der Waals surface area (Å²) >= 11 is 0. The first-order valence-corrected chi connectivity index (χ1v) is 7.62. The molecule has 1 saturated heterocycles. The average Bonchev–Trinajstić information content (AvgIpc) is 2.80. The Morgan fingerprint density at radius 2 is 2.25 bits per heavy atom. The Morgan fingerprint density at radius 3 is 2.85 bits per heavy atom. The van der Waals surface area contributed by atoms with E-state index < -0.39 is 28.8 Å². The van der Waals surface area contributed by atoms with E-state index in [2.05, 4.69) is 0 Å².